The largest absolute Gasteiger partial charge is 0.493 e. The van der Waals surface area contributed by atoms with Gasteiger partial charge in [-0.05, 0) is 103 Å². The molecular weight excluding hydrogens is 688 g/mol. The number of carbonyl (C=O) groups excluding carboxylic acids is 2. The fraction of sp³-hybridized carbons (Fsp3) is 0.500. The van der Waals surface area contributed by atoms with Gasteiger partial charge >= 0.3 is 24.5 Å². The number of guanidine groups is 1. The van der Waals surface area contributed by atoms with E-state index in [4.69, 9.17) is 18.7 Å². The van der Waals surface area contributed by atoms with Crippen LogP contribution in [-0.4, -0.2) is 57.5 Å². The van der Waals surface area contributed by atoms with Crippen LogP contribution in [0.3, 0.4) is 0 Å². The standard InChI is InChI=1S/C34H39F6N5O6/c1-31(2,3)49-29(46)42-28(43-30(47)50-32(4,5)6)45-17-7-10-24(45)27-41-26(44-51-27)21-13-16-25(23(19-21)34(38,39)40)48-18-8-9-20-11-14-22(15-12-20)33(35,36)37/h11-16,19,24H,7-10,17-18H2,1-6H3,(H,42,43,46,47). The third kappa shape index (κ3) is 11.3. The Bertz CT molecular complexity index is 1710. The first-order valence-electron chi connectivity index (χ1n) is 16.0. The quantitative estimate of drug-likeness (QED) is 0.110. The Hall–Kier alpha value is -4.83. The zero-order chi connectivity index (χ0) is 37.8. The normalized spacial score (nSPS) is 15.9. The molecule has 51 heavy (non-hydrogen) atoms. The molecule has 1 aliphatic rings. The summed E-state index contributed by atoms with van der Waals surface area (Å²) in [6, 6.07) is 7.10. The smallest absolute Gasteiger partial charge is 0.437 e. The van der Waals surface area contributed by atoms with Gasteiger partial charge in [-0.15, -0.1) is 4.99 Å². The topological polar surface area (TPSA) is 128 Å². The summed E-state index contributed by atoms with van der Waals surface area (Å²) in [4.78, 5) is 35.2. The van der Waals surface area contributed by atoms with Crippen molar-refractivity contribution in [3.8, 4) is 17.1 Å². The molecule has 1 fully saturated rings. The van der Waals surface area contributed by atoms with Crippen molar-refractivity contribution in [1.29, 1.82) is 0 Å². The van der Waals surface area contributed by atoms with E-state index in [9.17, 15) is 35.9 Å². The van der Waals surface area contributed by atoms with Crippen LogP contribution in [0.2, 0.25) is 0 Å². The highest BCUT2D eigenvalue weighted by molar-refractivity contribution is 5.99. The van der Waals surface area contributed by atoms with Gasteiger partial charge in [0.2, 0.25) is 17.7 Å². The summed E-state index contributed by atoms with van der Waals surface area (Å²) in [5.41, 5.74) is -3.06. The minimum absolute atomic E-state index is 0.00234. The second-order valence-electron chi connectivity index (χ2n) is 13.7. The number of ether oxygens (including phenoxy) is 3. The van der Waals surface area contributed by atoms with Crippen molar-refractivity contribution in [2.24, 2.45) is 4.99 Å². The Labute approximate surface area is 290 Å². The average molecular weight is 728 g/mol. The molecule has 1 saturated heterocycles. The van der Waals surface area contributed by atoms with Gasteiger partial charge in [0.1, 0.15) is 23.0 Å². The van der Waals surface area contributed by atoms with E-state index in [1.165, 1.54) is 23.1 Å². The molecule has 11 nitrogen and oxygen atoms in total. The number of halogens is 6. The molecule has 0 radical (unpaired) electrons. The first-order valence-corrected chi connectivity index (χ1v) is 16.0. The number of carbonyl (C=O) groups is 2. The number of aliphatic imine (C=N–C) groups is 1. The Morgan fingerprint density at radius 2 is 1.61 bits per heavy atom. The Kier molecular flexibility index (Phi) is 11.6. The van der Waals surface area contributed by atoms with Crippen molar-refractivity contribution >= 4 is 18.1 Å². The molecule has 1 atom stereocenters. The molecule has 2 heterocycles. The molecule has 0 saturated carbocycles. The van der Waals surface area contributed by atoms with Crippen LogP contribution in [0.4, 0.5) is 35.9 Å². The van der Waals surface area contributed by atoms with Crippen LogP contribution < -0.4 is 10.1 Å². The molecule has 2 amide bonds. The molecule has 278 valence electrons. The van der Waals surface area contributed by atoms with Crippen molar-refractivity contribution in [2.45, 2.75) is 96.8 Å². The summed E-state index contributed by atoms with van der Waals surface area (Å²) in [6.45, 7) is 10.1. The van der Waals surface area contributed by atoms with Gasteiger partial charge in [0.05, 0.1) is 17.7 Å². The summed E-state index contributed by atoms with van der Waals surface area (Å²) in [5.74, 6) is -0.787. The first kappa shape index (κ1) is 39.0. The second-order valence-corrected chi connectivity index (χ2v) is 13.7. The van der Waals surface area contributed by atoms with Crippen LogP contribution in [0.15, 0.2) is 52.0 Å². The van der Waals surface area contributed by atoms with Gasteiger partial charge in [0, 0.05) is 12.1 Å². The summed E-state index contributed by atoms with van der Waals surface area (Å²) in [6.07, 6.45) is -9.64. The Morgan fingerprint density at radius 1 is 0.941 bits per heavy atom. The number of aromatic nitrogens is 2. The predicted octanol–water partition coefficient (Wildman–Crippen LogP) is 8.74. The highest BCUT2D eigenvalue weighted by Gasteiger charge is 2.37. The molecule has 17 heteroatoms. The third-order valence-electron chi connectivity index (χ3n) is 7.15. The van der Waals surface area contributed by atoms with Gasteiger partial charge in [-0.25, -0.2) is 9.59 Å². The monoisotopic (exact) mass is 727 g/mol. The molecule has 1 aromatic heterocycles. The lowest BCUT2D eigenvalue weighted by Crippen LogP contribution is -2.46. The number of aryl methyl sites for hydroxylation is 1. The number of nitrogens with zero attached hydrogens (tertiary/aromatic N) is 4. The highest BCUT2D eigenvalue weighted by Crippen LogP contribution is 2.39. The lowest BCUT2D eigenvalue weighted by molar-refractivity contribution is -0.139. The molecule has 1 unspecified atom stereocenters. The first-order chi connectivity index (χ1) is 23.6. The fourth-order valence-corrected chi connectivity index (χ4v) is 5.03. The van der Waals surface area contributed by atoms with E-state index in [1.807, 2.05) is 0 Å². The van der Waals surface area contributed by atoms with Gasteiger partial charge in [0.15, 0.2) is 0 Å². The number of hydrogen-bond donors (Lipinski definition) is 1. The highest BCUT2D eigenvalue weighted by atomic mass is 19.4. The molecule has 1 N–H and O–H groups in total. The number of nitrogens with one attached hydrogen (secondary N) is 1. The van der Waals surface area contributed by atoms with Gasteiger partial charge in [-0.2, -0.15) is 31.3 Å². The lowest BCUT2D eigenvalue weighted by atomic mass is 10.1. The third-order valence-corrected chi connectivity index (χ3v) is 7.15. The predicted molar refractivity (Wildman–Crippen MR) is 172 cm³/mol. The van der Waals surface area contributed by atoms with Crippen LogP contribution in [0.5, 0.6) is 5.75 Å². The minimum Gasteiger partial charge on any atom is -0.493 e. The molecule has 1 aliphatic heterocycles. The SMILES string of the molecule is CC(C)(C)OC(=O)/N=C(\NC(=O)OC(C)(C)C)N1CCCC1c1nc(-c2ccc(OCCCc3ccc(C(F)(F)F)cc3)c(C(F)(F)F)c2)no1. The summed E-state index contributed by atoms with van der Waals surface area (Å²) in [7, 11) is 0. The van der Waals surface area contributed by atoms with Gasteiger partial charge in [-0.1, -0.05) is 17.3 Å². The van der Waals surface area contributed by atoms with Crippen molar-refractivity contribution < 1.29 is 54.7 Å². The average Bonchev–Trinajstić information content (AvgIpc) is 3.67. The number of amides is 2. The number of benzene rings is 2. The van der Waals surface area contributed by atoms with E-state index in [1.54, 1.807) is 41.5 Å². The van der Waals surface area contributed by atoms with Crippen LogP contribution in [0, 0.1) is 0 Å². The van der Waals surface area contributed by atoms with Crippen molar-refractivity contribution in [3.05, 3.63) is 65.0 Å². The van der Waals surface area contributed by atoms with Gasteiger partial charge in [-0.3, -0.25) is 5.32 Å². The van der Waals surface area contributed by atoms with E-state index in [0.717, 1.165) is 24.3 Å². The van der Waals surface area contributed by atoms with Crippen LogP contribution in [-0.2, 0) is 28.2 Å². The molecule has 0 aliphatic carbocycles. The fourth-order valence-electron chi connectivity index (χ4n) is 5.03. The zero-order valence-corrected chi connectivity index (χ0v) is 28.9. The number of alkyl halides is 6. The van der Waals surface area contributed by atoms with Crippen molar-refractivity contribution in [3.63, 3.8) is 0 Å². The molecule has 2 aromatic carbocycles. The summed E-state index contributed by atoms with van der Waals surface area (Å²) < 4.78 is 102. The maximum absolute atomic E-state index is 14.1. The minimum atomic E-state index is -4.81. The maximum Gasteiger partial charge on any atom is 0.437 e. The van der Waals surface area contributed by atoms with E-state index < -0.39 is 58.7 Å². The van der Waals surface area contributed by atoms with Crippen molar-refractivity contribution in [1.82, 2.24) is 20.4 Å². The molecular formula is C34H39F6N5O6. The second kappa shape index (κ2) is 15.2. The van der Waals surface area contributed by atoms with E-state index in [-0.39, 0.29) is 36.3 Å². The number of hydrogen-bond acceptors (Lipinski definition) is 8. The molecule has 0 spiro atoms. The molecule has 4 rings (SSSR count). The van der Waals surface area contributed by atoms with Crippen LogP contribution in [0.1, 0.15) is 89.4 Å². The molecule has 0 bridgehead atoms. The zero-order valence-electron chi connectivity index (χ0n) is 28.9. The summed E-state index contributed by atoms with van der Waals surface area (Å²) in [5, 5.41) is 6.37. The Balaban J connectivity index is 1.51. The lowest BCUT2D eigenvalue weighted by Gasteiger charge is -2.27. The molecule has 3 aromatic rings. The number of likely N-dealkylation sites (tertiary alicyclic amines) is 1. The maximum atomic E-state index is 14.1. The van der Waals surface area contributed by atoms with E-state index in [2.05, 4.69) is 20.4 Å². The van der Waals surface area contributed by atoms with E-state index in [0.29, 0.717) is 31.4 Å². The number of alkyl carbamates (subject to hydrolysis) is 1. The summed E-state index contributed by atoms with van der Waals surface area (Å²) >= 11 is 0. The van der Waals surface area contributed by atoms with Gasteiger partial charge in [0.25, 0.3) is 0 Å². The van der Waals surface area contributed by atoms with Gasteiger partial charge < -0.3 is 23.6 Å². The Morgan fingerprint density at radius 3 is 2.22 bits per heavy atom. The van der Waals surface area contributed by atoms with Crippen molar-refractivity contribution in [2.75, 3.05) is 13.2 Å². The van der Waals surface area contributed by atoms with Crippen LogP contribution in [0.25, 0.3) is 11.4 Å². The van der Waals surface area contributed by atoms with E-state index >= 15 is 0 Å². The van der Waals surface area contributed by atoms with Crippen LogP contribution >= 0.6 is 0 Å². The number of rotatable bonds is 7.